The van der Waals surface area contributed by atoms with Crippen LogP contribution in [0.5, 0.6) is 0 Å². The van der Waals surface area contributed by atoms with Crippen molar-refractivity contribution in [2.45, 2.75) is 49.4 Å². The maximum absolute atomic E-state index is 12.0. The van der Waals surface area contributed by atoms with Crippen molar-refractivity contribution in [3.8, 4) is 0 Å². The topological polar surface area (TPSA) is 75.3 Å². The zero-order valence-electron chi connectivity index (χ0n) is 10.0. The number of aliphatic hydroxyl groups excluding tert-OH is 1. The van der Waals surface area contributed by atoms with Crippen LogP contribution in [0.2, 0.25) is 0 Å². The van der Waals surface area contributed by atoms with Gasteiger partial charge in [-0.15, -0.1) is 0 Å². The predicted octanol–water partition coefficient (Wildman–Crippen LogP) is 0.486. The molecule has 0 radical (unpaired) electrons. The lowest BCUT2D eigenvalue weighted by atomic mass is 9.97. The lowest BCUT2D eigenvalue weighted by Gasteiger charge is -2.28. The van der Waals surface area contributed by atoms with Crippen LogP contribution in [0.15, 0.2) is 0 Å². The molecule has 0 spiro atoms. The Kier molecular flexibility index (Phi) is 5.08. The van der Waals surface area contributed by atoms with Crippen molar-refractivity contribution in [1.29, 1.82) is 0 Å². The molecule has 1 aliphatic carbocycles. The lowest BCUT2D eigenvalue weighted by Crippen LogP contribution is -2.55. The summed E-state index contributed by atoms with van der Waals surface area (Å²) in [5, 5.41) is 12.1. The van der Waals surface area contributed by atoms with Crippen molar-refractivity contribution in [3.63, 3.8) is 0 Å². The van der Waals surface area contributed by atoms with E-state index in [1.54, 1.807) is 11.8 Å². The van der Waals surface area contributed by atoms with E-state index in [0.717, 1.165) is 25.7 Å². The Hall–Kier alpha value is -0.260. The summed E-state index contributed by atoms with van der Waals surface area (Å²) < 4.78 is 0. The summed E-state index contributed by atoms with van der Waals surface area (Å²) >= 11 is 1.56. The molecular weight excluding hydrogens is 224 g/mol. The fraction of sp³-hybridized carbons (Fsp3) is 0.909. The quantitative estimate of drug-likeness (QED) is 0.660. The number of amides is 1. The lowest BCUT2D eigenvalue weighted by molar-refractivity contribution is -0.126. The van der Waals surface area contributed by atoms with Crippen LogP contribution in [0, 0.1) is 0 Å². The van der Waals surface area contributed by atoms with Gasteiger partial charge in [-0.05, 0) is 26.0 Å². The third-order valence-corrected chi connectivity index (χ3v) is 4.51. The highest BCUT2D eigenvalue weighted by atomic mass is 32.2. The van der Waals surface area contributed by atoms with Crippen molar-refractivity contribution in [2.24, 2.45) is 5.73 Å². The van der Waals surface area contributed by atoms with Gasteiger partial charge in [0.15, 0.2) is 0 Å². The summed E-state index contributed by atoms with van der Waals surface area (Å²) in [5.41, 5.74) is 5.38. The normalized spacial score (nSPS) is 22.8. The van der Waals surface area contributed by atoms with Crippen molar-refractivity contribution in [2.75, 3.05) is 12.9 Å². The minimum Gasteiger partial charge on any atom is -0.395 e. The summed E-state index contributed by atoms with van der Waals surface area (Å²) in [6, 6.07) is -0.0477. The number of thioether (sulfide) groups is 1. The average molecular weight is 246 g/mol. The Morgan fingerprint density at radius 1 is 1.56 bits per heavy atom. The van der Waals surface area contributed by atoms with E-state index in [1.807, 2.05) is 13.2 Å². The van der Waals surface area contributed by atoms with Gasteiger partial charge >= 0.3 is 0 Å². The molecule has 1 fully saturated rings. The zero-order chi connectivity index (χ0) is 12.2. The molecule has 2 atom stereocenters. The Morgan fingerprint density at radius 3 is 2.56 bits per heavy atom. The van der Waals surface area contributed by atoms with E-state index in [9.17, 15) is 4.79 Å². The predicted molar refractivity (Wildman–Crippen MR) is 67.4 cm³/mol. The van der Waals surface area contributed by atoms with Crippen LogP contribution in [-0.4, -0.2) is 40.7 Å². The molecule has 0 heterocycles. The number of hydrogen-bond donors (Lipinski definition) is 3. The summed E-state index contributed by atoms with van der Waals surface area (Å²) in [6.45, 7) is 1.98. The fourth-order valence-corrected chi connectivity index (χ4v) is 2.74. The third kappa shape index (κ3) is 3.12. The van der Waals surface area contributed by atoms with Crippen LogP contribution < -0.4 is 11.1 Å². The van der Waals surface area contributed by atoms with Crippen molar-refractivity contribution in [1.82, 2.24) is 5.32 Å². The Labute approximate surface area is 101 Å². The number of nitrogens with two attached hydrogens (primary N) is 1. The molecule has 4 nitrogen and oxygen atoms in total. The van der Waals surface area contributed by atoms with Gasteiger partial charge in [0.05, 0.1) is 12.1 Å². The molecule has 0 aromatic rings. The monoisotopic (exact) mass is 246 g/mol. The van der Waals surface area contributed by atoms with E-state index >= 15 is 0 Å². The molecule has 0 aliphatic heterocycles. The maximum Gasteiger partial charge on any atom is 0.240 e. The summed E-state index contributed by atoms with van der Waals surface area (Å²) in [4.78, 5) is 12.0. The van der Waals surface area contributed by atoms with E-state index < -0.39 is 5.54 Å². The first kappa shape index (κ1) is 13.8. The summed E-state index contributed by atoms with van der Waals surface area (Å²) in [5.74, 6) is -0.0648. The minimum absolute atomic E-state index is 0.0361. The first-order valence-corrected chi connectivity index (χ1v) is 7.06. The van der Waals surface area contributed by atoms with Crippen LogP contribution in [0.1, 0.15) is 32.6 Å². The van der Waals surface area contributed by atoms with Crippen LogP contribution >= 0.6 is 11.8 Å². The molecule has 5 heteroatoms. The van der Waals surface area contributed by atoms with Crippen LogP contribution in [0.3, 0.4) is 0 Å². The average Bonchev–Trinajstić information content (AvgIpc) is 2.68. The standard InChI is InChI=1S/C11H22N2O2S/c1-8(9(7-14)16-2)13-10(15)11(12)5-3-4-6-11/h8-9,14H,3-7,12H2,1-2H3,(H,13,15). The van der Waals surface area contributed by atoms with Crippen LogP contribution in [-0.2, 0) is 4.79 Å². The Morgan fingerprint density at radius 2 is 2.12 bits per heavy atom. The van der Waals surface area contributed by atoms with Crippen LogP contribution in [0.25, 0.3) is 0 Å². The van der Waals surface area contributed by atoms with Gasteiger partial charge in [-0.2, -0.15) is 11.8 Å². The largest absolute Gasteiger partial charge is 0.395 e. The second-order valence-electron chi connectivity index (χ2n) is 4.58. The maximum atomic E-state index is 12.0. The van der Waals surface area contributed by atoms with Gasteiger partial charge in [0, 0.05) is 11.3 Å². The van der Waals surface area contributed by atoms with Gasteiger partial charge < -0.3 is 16.2 Å². The summed E-state index contributed by atoms with van der Waals surface area (Å²) in [7, 11) is 0. The number of nitrogens with one attached hydrogen (secondary N) is 1. The van der Waals surface area contributed by atoms with Gasteiger partial charge in [-0.25, -0.2) is 0 Å². The van der Waals surface area contributed by atoms with Gasteiger partial charge in [0.1, 0.15) is 0 Å². The SMILES string of the molecule is CSC(CO)C(C)NC(=O)C1(N)CCCC1. The molecule has 0 bridgehead atoms. The zero-order valence-corrected chi connectivity index (χ0v) is 10.8. The number of aliphatic hydroxyl groups is 1. The van der Waals surface area contributed by atoms with E-state index in [4.69, 9.17) is 10.8 Å². The second-order valence-corrected chi connectivity index (χ2v) is 5.66. The van der Waals surface area contributed by atoms with E-state index in [-0.39, 0.29) is 23.8 Å². The van der Waals surface area contributed by atoms with Gasteiger partial charge in [-0.1, -0.05) is 12.8 Å². The van der Waals surface area contributed by atoms with Crippen molar-refractivity contribution in [3.05, 3.63) is 0 Å². The number of carbonyl (C=O) groups is 1. The van der Waals surface area contributed by atoms with Gasteiger partial charge in [0.2, 0.25) is 5.91 Å². The molecule has 0 aromatic heterocycles. The molecule has 1 amide bonds. The molecule has 0 aromatic carbocycles. The Bertz CT molecular complexity index is 238. The van der Waals surface area contributed by atoms with Crippen LogP contribution in [0.4, 0.5) is 0 Å². The van der Waals surface area contributed by atoms with Crippen molar-refractivity contribution < 1.29 is 9.90 Å². The smallest absolute Gasteiger partial charge is 0.240 e. The molecular formula is C11H22N2O2S. The van der Waals surface area contributed by atoms with Gasteiger partial charge in [0.25, 0.3) is 0 Å². The number of carbonyl (C=O) groups excluding carboxylic acids is 1. The molecule has 1 saturated carbocycles. The minimum atomic E-state index is -0.674. The number of rotatable bonds is 5. The first-order chi connectivity index (χ1) is 7.53. The van der Waals surface area contributed by atoms with E-state index in [1.165, 1.54) is 0 Å². The molecule has 4 N–H and O–H groups in total. The molecule has 1 rings (SSSR count). The molecule has 16 heavy (non-hydrogen) atoms. The first-order valence-electron chi connectivity index (χ1n) is 5.77. The Balaban J connectivity index is 2.50. The molecule has 2 unspecified atom stereocenters. The van der Waals surface area contributed by atoms with Gasteiger partial charge in [-0.3, -0.25) is 4.79 Å². The van der Waals surface area contributed by atoms with E-state index in [0.29, 0.717) is 0 Å². The summed E-state index contributed by atoms with van der Waals surface area (Å²) in [6.07, 6.45) is 5.54. The molecule has 0 saturated heterocycles. The third-order valence-electron chi connectivity index (χ3n) is 3.35. The fourth-order valence-electron chi connectivity index (χ4n) is 2.11. The number of hydrogen-bond acceptors (Lipinski definition) is 4. The highest BCUT2D eigenvalue weighted by Crippen LogP contribution is 2.27. The molecule has 1 aliphatic rings. The highest BCUT2D eigenvalue weighted by molar-refractivity contribution is 7.99. The highest BCUT2D eigenvalue weighted by Gasteiger charge is 2.37. The van der Waals surface area contributed by atoms with E-state index in [2.05, 4.69) is 5.32 Å². The second kappa shape index (κ2) is 5.89. The van der Waals surface area contributed by atoms with Crippen molar-refractivity contribution >= 4 is 17.7 Å². The molecule has 94 valence electrons.